The van der Waals surface area contributed by atoms with E-state index >= 15 is 0 Å². The van der Waals surface area contributed by atoms with Crippen LogP contribution in [0.2, 0.25) is 0 Å². The summed E-state index contributed by atoms with van der Waals surface area (Å²) in [5.74, 6) is 0. The van der Waals surface area contributed by atoms with E-state index in [4.69, 9.17) is 0 Å². The van der Waals surface area contributed by atoms with Gasteiger partial charge in [0.1, 0.15) is 6.10 Å². The molecule has 1 fully saturated rings. The fourth-order valence-corrected chi connectivity index (χ4v) is 0.369. The molecule has 0 aromatic carbocycles. The summed E-state index contributed by atoms with van der Waals surface area (Å²) in [6, 6.07) is 0. The summed E-state index contributed by atoms with van der Waals surface area (Å²) in [5.41, 5.74) is 0. The molecule has 0 aromatic rings. The first-order valence-corrected chi connectivity index (χ1v) is 2.01. The standard InChI is InChI=1S/C4H7O2/c1-4-2-3-5-6-4/h2-3H2,1H3. The molecule has 2 nitrogen and oxygen atoms in total. The van der Waals surface area contributed by atoms with E-state index in [1.807, 2.05) is 6.92 Å². The number of rotatable bonds is 0. The van der Waals surface area contributed by atoms with Gasteiger partial charge in [-0.05, 0) is 6.92 Å². The van der Waals surface area contributed by atoms with Crippen molar-refractivity contribution in [1.29, 1.82) is 0 Å². The van der Waals surface area contributed by atoms with E-state index in [-0.39, 0.29) is 0 Å². The number of hydrogen-bond acceptors (Lipinski definition) is 2. The third-order valence-electron chi connectivity index (χ3n) is 0.739. The molecular formula is C4H7O2. The van der Waals surface area contributed by atoms with E-state index < -0.39 is 0 Å². The Balaban J connectivity index is 2.18. The molecule has 1 radical (unpaired) electrons. The van der Waals surface area contributed by atoms with Gasteiger partial charge in [0.15, 0.2) is 0 Å². The summed E-state index contributed by atoms with van der Waals surface area (Å²) in [7, 11) is 0. The summed E-state index contributed by atoms with van der Waals surface area (Å²) >= 11 is 0. The Morgan fingerprint density at radius 1 is 1.67 bits per heavy atom. The topological polar surface area (TPSA) is 18.5 Å². The fourth-order valence-electron chi connectivity index (χ4n) is 0.369. The highest BCUT2D eigenvalue weighted by molar-refractivity contribution is 4.70. The Hall–Kier alpha value is -0.0800. The Bertz CT molecular complexity index is 38.8. The Kier molecular flexibility index (Phi) is 1.08. The minimum atomic E-state index is 0.728. The molecule has 0 saturated carbocycles. The van der Waals surface area contributed by atoms with Crippen LogP contribution < -0.4 is 0 Å². The minimum absolute atomic E-state index is 0.728. The average molecular weight is 87.1 g/mol. The van der Waals surface area contributed by atoms with E-state index in [1.54, 1.807) is 0 Å². The molecule has 0 amide bonds. The van der Waals surface area contributed by atoms with Crippen LogP contribution in [0.3, 0.4) is 0 Å². The fraction of sp³-hybridized carbons (Fsp3) is 0.750. The van der Waals surface area contributed by atoms with Crippen molar-refractivity contribution >= 4 is 0 Å². The van der Waals surface area contributed by atoms with Crippen LogP contribution in [0, 0.1) is 6.10 Å². The van der Waals surface area contributed by atoms with Gasteiger partial charge in [-0.2, -0.15) is 0 Å². The van der Waals surface area contributed by atoms with Gasteiger partial charge in [0, 0.05) is 6.42 Å². The molecule has 1 aliphatic heterocycles. The zero-order chi connectivity index (χ0) is 4.41. The summed E-state index contributed by atoms with van der Waals surface area (Å²) in [4.78, 5) is 9.09. The molecule has 0 spiro atoms. The molecule has 0 unspecified atom stereocenters. The molecule has 1 heterocycles. The second-order valence-corrected chi connectivity index (χ2v) is 1.36. The lowest BCUT2D eigenvalue weighted by atomic mass is 10.3. The van der Waals surface area contributed by atoms with Crippen LogP contribution in [-0.4, -0.2) is 6.61 Å². The van der Waals surface area contributed by atoms with Gasteiger partial charge in [-0.1, -0.05) is 0 Å². The second-order valence-electron chi connectivity index (χ2n) is 1.36. The zero-order valence-electron chi connectivity index (χ0n) is 3.73. The monoisotopic (exact) mass is 87.0 g/mol. The predicted octanol–water partition coefficient (Wildman–Crippen LogP) is 0.890. The summed E-state index contributed by atoms with van der Waals surface area (Å²) in [6.45, 7) is 2.64. The maximum Gasteiger partial charge on any atom is 0.135 e. The lowest BCUT2D eigenvalue weighted by Crippen LogP contribution is -1.81. The molecular weight excluding hydrogens is 80.0 g/mol. The van der Waals surface area contributed by atoms with Gasteiger partial charge in [-0.15, -0.1) is 0 Å². The Morgan fingerprint density at radius 3 is 2.67 bits per heavy atom. The van der Waals surface area contributed by atoms with Crippen molar-refractivity contribution in [2.45, 2.75) is 13.3 Å². The van der Waals surface area contributed by atoms with Crippen molar-refractivity contribution in [3.8, 4) is 0 Å². The smallest absolute Gasteiger partial charge is 0.135 e. The third-order valence-corrected chi connectivity index (χ3v) is 0.739. The van der Waals surface area contributed by atoms with Crippen molar-refractivity contribution in [2.75, 3.05) is 6.61 Å². The molecule has 2 heteroatoms. The van der Waals surface area contributed by atoms with Gasteiger partial charge in [0.25, 0.3) is 0 Å². The molecule has 1 aliphatic rings. The summed E-state index contributed by atoms with van der Waals surface area (Å²) in [5, 5.41) is 0. The van der Waals surface area contributed by atoms with Gasteiger partial charge < -0.3 is 0 Å². The van der Waals surface area contributed by atoms with Gasteiger partial charge >= 0.3 is 0 Å². The molecule has 0 bridgehead atoms. The highest BCUT2D eigenvalue weighted by atomic mass is 17.2. The van der Waals surface area contributed by atoms with E-state index in [2.05, 4.69) is 9.78 Å². The van der Waals surface area contributed by atoms with Crippen LogP contribution in [0.25, 0.3) is 0 Å². The van der Waals surface area contributed by atoms with Crippen LogP contribution in [0.1, 0.15) is 13.3 Å². The molecule has 1 saturated heterocycles. The van der Waals surface area contributed by atoms with Crippen LogP contribution >= 0.6 is 0 Å². The predicted molar refractivity (Wildman–Crippen MR) is 20.6 cm³/mol. The van der Waals surface area contributed by atoms with Crippen LogP contribution in [-0.2, 0) is 9.78 Å². The highest BCUT2D eigenvalue weighted by Crippen LogP contribution is 2.13. The normalized spacial score (nSPS) is 25.5. The van der Waals surface area contributed by atoms with E-state index in [0.717, 1.165) is 19.1 Å². The van der Waals surface area contributed by atoms with Crippen LogP contribution in [0.4, 0.5) is 0 Å². The molecule has 0 atom stereocenters. The summed E-state index contributed by atoms with van der Waals surface area (Å²) in [6.07, 6.45) is 1.94. The van der Waals surface area contributed by atoms with Gasteiger partial charge in [-0.3, -0.25) is 0 Å². The van der Waals surface area contributed by atoms with Crippen molar-refractivity contribution < 1.29 is 9.78 Å². The zero-order valence-corrected chi connectivity index (χ0v) is 3.73. The SMILES string of the molecule is C[C]1CCOO1. The first-order chi connectivity index (χ1) is 2.89. The lowest BCUT2D eigenvalue weighted by Gasteiger charge is -1.89. The van der Waals surface area contributed by atoms with Crippen molar-refractivity contribution in [2.24, 2.45) is 0 Å². The largest absolute Gasteiger partial charge is 0.236 e. The maximum absolute atomic E-state index is 4.57. The molecule has 0 N–H and O–H groups in total. The maximum atomic E-state index is 4.57. The van der Waals surface area contributed by atoms with Crippen LogP contribution in [0.5, 0.6) is 0 Å². The van der Waals surface area contributed by atoms with E-state index in [9.17, 15) is 0 Å². The minimum Gasteiger partial charge on any atom is -0.236 e. The average Bonchev–Trinajstić information content (AvgIpc) is 1.86. The molecule has 6 heavy (non-hydrogen) atoms. The van der Waals surface area contributed by atoms with E-state index in [0.29, 0.717) is 0 Å². The highest BCUT2D eigenvalue weighted by Gasteiger charge is 2.10. The Labute approximate surface area is 37.0 Å². The van der Waals surface area contributed by atoms with Gasteiger partial charge in [-0.25, -0.2) is 9.78 Å². The van der Waals surface area contributed by atoms with Gasteiger partial charge in [0.05, 0.1) is 6.61 Å². The molecule has 0 aromatic heterocycles. The first-order valence-electron chi connectivity index (χ1n) is 2.01. The molecule has 35 valence electrons. The Morgan fingerprint density at radius 2 is 2.50 bits per heavy atom. The lowest BCUT2D eigenvalue weighted by molar-refractivity contribution is -0.242. The third kappa shape index (κ3) is 0.698. The van der Waals surface area contributed by atoms with Crippen molar-refractivity contribution in [3.63, 3.8) is 0 Å². The quantitative estimate of drug-likeness (QED) is 0.408. The molecule has 1 rings (SSSR count). The summed E-state index contributed by atoms with van der Waals surface area (Å²) < 4.78 is 0. The first kappa shape index (κ1) is 4.09. The van der Waals surface area contributed by atoms with Crippen molar-refractivity contribution in [1.82, 2.24) is 0 Å². The van der Waals surface area contributed by atoms with Gasteiger partial charge in [0.2, 0.25) is 0 Å². The van der Waals surface area contributed by atoms with Crippen molar-refractivity contribution in [3.05, 3.63) is 6.10 Å². The molecule has 0 aliphatic carbocycles. The second kappa shape index (κ2) is 1.58. The van der Waals surface area contributed by atoms with E-state index in [1.165, 1.54) is 0 Å². The van der Waals surface area contributed by atoms with Crippen LogP contribution in [0.15, 0.2) is 0 Å². The number of hydrogen-bond donors (Lipinski definition) is 0.